The van der Waals surface area contributed by atoms with Crippen molar-refractivity contribution in [1.29, 1.82) is 0 Å². The van der Waals surface area contributed by atoms with Gasteiger partial charge in [0.2, 0.25) is 10.0 Å². The number of carbonyl (C=O) groups excluding carboxylic acids is 1. The minimum Gasteiger partial charge on any atom is -0.465 e. The van der Waals surface area contributed by atoms with Gasteiger partial charge in [0, 0.05) is 0 Å². The van der Waals surface area contributed by atoms with E-state index in [4.69, 9.17) is 4.74 Å². The zero-order chi connectivity index (χ0) is 16.4. The van der Waals surface area contributed by atoms with Crippen molar-refractivity contribution in [2.45, 2.75) is 31.6 Å². The summed E-state index contributed by atoms with van der Waals surface area (Å²) in [7, 11) is -3.59. The molecule has 0 amide bonds. The van der Waals surface area contributed by atoms with Gasteiger partial charge in [-0.1, -0.05) is 37.3 Å². The Labute approximate surface area is 136 Å². The van der Waals surface area contributed by atoms with Crippen LogP contribution in [0.15, 0.2) is 30.3 Å². The van der Waals surface area contributed by atoms with Crippen LogP contribution in [0.4, 0.5) is 0 Å². The Hall–Kier alpha value is -1.05. The van der Waals surface area contributed by atoms with Crippen molar-refractivity contribution >= 4 is 27.8 Å². The Morgan fingerprint density at radius 1 is 1.32 bits per heavy atom. The number of hydrogen-bond donors (Lipinski definition) is 1. The van der Waals surface area contributed by atoms with Gasteiger partial charge in [-0.2, -0.15) is 11.8 Å². The van der Waals surface area contributed by atoms with Crippen LogP contribution in [0.3, 0.4) is 0 Å². The summed E-state index contributed by atoms with van der Waals surface area (Å²) >= 11 is 1.56. The average molecular weight is 345 g/mol. The molecule has 124 valence electrons. The zero-order valence-electron chi connectivity index (χ0n) is 12.9. The third kappa shape index (κ3) is 7.29. The second-order valence-electron chi connectivity index (χ2n) is 4.86. The summed E-state index contributed by atoms with van der Waals surface area (Å²) in [6, 6.07) is 8.05. The number of ether oxygens (including phenoxy) is 1. The van der Waals surface area contributed by atoms with Crippen LogP contribution in [-0.4, -0.2) is 39.0 Å². The summed E-state index contributed by atoms with van der Waals surface area (Å²) in [5.41, 5.74) is 0.681. The molecule has 0 spiro atoms. The van der Waals surface area contributed by atoms with E-state index < -0.39 is 22.0 Å². The second kappa shape index (κ2) is 9.86. The van der Waals surface area contributed by atoms with E-state index in [1.165, 1.54) is 0 Å². The van der Waals surface area contributed by atoms with Crippen LogP contribution in [0.2, 0.25) is 0 Å². The second-order valence-corrected chi connectivity index (χ2v) is 7.60. The van der Waals surface area contributed by atoms with Crippen molar-refractivity contribution in [3.8, 4) is 0 Å². The maximum absolute atomic E-state index is 12.2. The van der Waals surface area contributed by atoms with Crippen molar-refractivity contribution in [3.05, 3.63) is 35.9 Å². The molecule has 0 saturated heterocycles. The minimum absolute atomic E-state index is 0.148. The maximum atomic E-state index is 12.2. The van der Waals surface area contributed by atoms with Crippen molar-refractivity contribution in [3.63, 3.8) is 0 Å². The molecule has 22 heavy (non-hydrogen) atoms. The van der Waals surface area contributed by atoms with Crippen LogP contribution in [0, 0.1) is 0 Å². The van der Waals surface area contributed by atoms with Gasteiger partial charge in [0.15, 0.2) is 0 Å². The van der Waals surface area contributed by atoms with Crippen molar-refractivity contribution < 1.29 is 17.9 Å². The highest BCUT2D eigenvalue weighted by Crippen LogP contribution is 2.09. The Kier molecular flexibility index (Phi) is 8.52. The topological polar surface area (TPSA) is 72.5 Å². The third-order valence-electron chi connectivity index (χ3n) is 2.86. The van der Waals surface area contributed by atoms with Crippen LogP contribution in [0.25, 0.3) is 0 Å². The predicted octanol–water partition coefficient (Wildman–Crippen LogP) is 2.18. The molecular weight excluding hydrogens is 322 g/mol. The standard InChI is InChI=1S/C15H23NO4S2/c1-3-10-20-15(17)14(9-11-21-2)16-22(18,19)12-13-7-5-4-6-8-13/h4-8,14,16H,3,9-12H2,1-2H3/t14-/m1/s1. The molecule has 1 aromatic rings. The van der Waals surface area contributed by atoms with Gasteiger partial charge in [-0.25, -0.2) is 13.1 Å². The van der Waals surface area contributed by atoms with Crippen molar-refractivity contribution in [1.82, 2.24) is 4.72 Å². The van der Waals surface area contributed by atoms with E-state index in [-0.39, 0.29) is 5.75 Å². The number of carbonyl (C=O) groups is 1. The van der Waals surface area contributed by atoms with Crippen LogP contribution < -0.4 is 4.72 Å². The fourth-order valence-corrected chi connectivity index (χ4v) is 3.65. The molecule has 0 aliphatic rings. The van der Waals surface area contributed by atoms with E-state index in [1.807, 2.05) is 19.2 Å². The molecular formula is C15H23NO4S2. The first-order chi connectivity index (χ1) is 10.5. The molecule has 0 fully saturated rings. The number of benzene rings is 1. The van der Waals surface area contributed by atoms with E-state index >= 15 is 0 Å². The van der Waals surface area contributed by atoms with Gasteiger partial charge in [0.25, 0.3) is 0 Å². The van der Waals surface area contributed by atoms with Crippen LogP contribution in [0.5, 0.6) is 0 Å². The van der Waals surface area contributed by atoms with Crippen LogP contribution in [-0.2, 0) is 25.3 Å². The van der Waals surface area contributed by atoms with Gasteiger partial charge in [0.1, 0.15) is 6.04 Å². The molecule has 0 bridgehead atoms. The number of rotatable bonds is 10. The van der Waals surface area contributed by atoms with Crippen LogP contribution >= 0.6 is 11.8 Å². The number of thioether (sulfide) groups is 1. The van der Waals surface area contributed by atoms with Gasteiger partial charge in [-0.05, 0) is 30.4 Å². The van der Waals surface area contributed by atoms with Gasteiger partial charge in [-0.15, -0.1) is 0 Å². The quantitative estimate of drug-likeness (QED) is 0.658. The first-order valence-electron chi connectivity index (χ1n) is 7.18. The van der Waals surface area contributed by atoms with E-state index in [1.54, 1.807) is 36.0 Å². The first-order valence-corrected chi connectivity index (χ1v) is 10.2. The molecule has 7 heteroatoms. The molecule has 0 radical (unpaired) electrons. The monoisotopic (exact) mass is 345 g/mol. The lowest BCUT2D eigenvalue weighted by Gasteiger charge is -2.17. The van der Waals surface area contributed by atoms with E-state index in [2.05, 4.69) is 4.72 Å². The Balaban J connectivity index is 2.71. The summed E-state index contributed by atoms with van der Waals surface area (Å²) in [5, 5.41) is 0. The highest BCUT2D eigenvalue weighted by Gasteiger charge is 2.25. The molecule has 5 nitrogen and oxygen atoms in total. The molecule has 0 aromatic heterocycles. The maximum Gasteiger partial charge on any atom is 0.324 e. The van der Waals surface area contributed by atoms with Crippen LogP contribution in [0.1, 0.15) is 25.3 Å². The molecule has 1 rings (SSSR count). The molecule has 1 atom stereocenters. The number of hydrogen-bond acceptors (Lipinski definition) is 5. The number of nitrogens with one attached hydrogen (secondary N) is 1. The highest BCUT2D eigenvalue weighted by molar-refractivity contribution is 7.98. The Bertz CT molecular complexity index is 546. The number of sulfonamides is 1. The summed E-state index contributed by atoms with van der Waals surface area (Å²) in [6.45, 7) is 2.19. The van der Waals surface area contributed by atoms with E-state index in [0.717, 1.165) is 0 Å². The molecule has 0 heterocycles. The molecule has 0 saturated carbocycles. The number of esters is 1. The molecule has 1 N–H and O–H groups in total. The normalized spacial score (nSPS) is 12.8. The lowest BCUT2D eigenvalue weighted by atomic mass is 10.2. The average Bonchev–Trinajstić information content (AvgIpc) is 2.49. The van der Waals surface area contributed by atoms with Gasteiger partial charge < -0.3 is 4.74 Å². The molecule has 0 aliphatic heterocycles. The summed E-state index contributed by atoms with van der Waals surface area (Å²) in [6.07, 6.45) is 3.03. The summed E-state index contributed by atoms with van der Waals surface area (Å²) < 4.78 is 32.0. The lowest BCUT2D eigenvalue weighted by molar-refractivity contribution is -0.145. The minimum atomic E-state index is -3.59. The molecule has 1 aromatic carbocycles. The summed E-state index contributed by atoms with van der Waals surface area (Å²) in [4.78, 5) is 12.0. The highest BCUT2D eigenvalue weighted by atomic mass is 32.2. The molecule has 0 aliphatic carbocycles. The predicted molar refractivity (Wildman–Crippen MR) is 90.2 cm³/mol. The zero-order valence-corrected chi connectivity index (χ0v) is 14.6. The smallest absolute Gasteiger partial charge is 0.324 e. The molecule has 0 unspecified atom stereocenters. The Morgan fingerprint density at radius 3 is 2.59 bits per heavy atom. The van der Waals surface area contributed by atoms with Gasteiger partial charge in [0.05, 0.1) is 12.4 Å². The van der Waals surface area contributed by atoms with E-state index in [9.17, 15) is 13.2 Å². The lowest BCUT2D eigenvalue weighted by Crippen LogP contribution is -2.42. The fraction of sp³-hybridized carbons (Fsp3) is 0.533. The third-order valence-corrected chi connectivity index (χ3v) is 4.87. The van der Waals surface area contributed by atoms with Gasteiger partial charge in [-0.3, -0.25) is 4.79 Å². The van der Waals surface area contributed by atoms with Crippen molar-refractivity contribution in [2.24, 2.45) is 0 Å². The summed E-state index contributed by atoms with van der Waals surface area (Å²) in [5.74, 6) is 0.0252. The van der Waals surface area contributed by atoms with Crippen molar-refractivity contribution in [2.75, 3.05) is 18.6 Å². The fourth-order valence-electron chi connectivity index (χ4n) is 1.82. The SMILES string of the molecule is CCCOC(=O)[C@@H](CCSC)NS(=O)(=O)Cc1ccccc1. The van der Waals surface area contributed by atoms with E-state index in [0.29, 0.717) is 30.8 Å². The largest absolute Gasteiger partial charge is 0.465 e. The van der Waals surface area contributed by atoms with Gasteiger partial charge >= 0.3 is 5.97 Å². The first kappa shape index (κ1) is 19.0. The Morgan fingerprint density at radius 2 is 2.00 bits per heavy atom.